The predicted octanol–water partition coefficient (Wildman–Crippen LogP) is 3.29. The largest absolute Gasteiger partial charge is 0.497 e. The van der Waals surface area contributed by atoms with Gasteiger partial charge in [0, 0.05) is 31.3 Å². The number of nitrogens with zero attached hydrogens (tertiary/aromatic N) is 3. The van der Waals surface area contributed by atoms with Crippen LogP contribution in [0.15, 0.2) is 71.6 Å². The molecule has 0 aliphatic carbocycles. The third-order valence-corrected chi connectivity index (χ3v) is 7.49. The Kier molecular flexibility index (Phi) is 6.62. The lowest BCUT2D eigenvalue weighted by molar-refractivity contribution is -0.384. The summed E-state index contributed by atoms with van der Waals surface area (Å²) in [5, 5.41) is 13.6. The number of hydrogen-bond donors (Lipinski definition) is 1. The number of nitro groups is 1. The zero-order valence-electron chi connectivity index (χ0n) is 19.4. The van der Waals surface area contributed by atoms with Crippen LogP contribution in [0.25, 0.3) is 0 Å². The average molecular weight is 511 g/mol. The fourth-order valence-corrected chi connectivity index (χ4v) is 5.33. The minimum absolute atomic E-state index is 0.115. The van der Waals surface area contributed by atoms with Crippen molar-refractivity contribution in [3.05, 3.63) is 93.5 Å². The highest BCUT2D eigenvalue weighted by molar-refractivity contribution is 7.90. The summed E-state index contributed by atoms with van der Waals surface area (Å²) in [6, 6.07) is 15.7. The molecule has 12 heteroatoms. The predicted molar refractivity (Wildman–Crippen MR) is 130 cm³/mol. The molecule has 0 aromatic heterocycles. The number of hydrogen-bond acceptors (Lipinski definition) is 7. The summed E-state index contributed by atoms with van der Waals surface area (Å²) in [4.78, 5) is 36.9. The van der Waals surface area contributed by atoms with Crippen LogP contribution in [0.4, 0.5) is 16.2 Å². The van der Waals surface area contributed by atoms with E-state index in [0.29, 0.717) is 15.6 Å². The van der Waals surface area contributed by atoms with E-state index in [9.17, 15) is 28.1 Å². The molecule has 11 nitrogen and oxygen atoms in total. The number of fused-ring (bicyclic) bond motifs is 1. The lowest BCUT2D eigenvalue weighted by Crippen LogP contribution is -2.48. The Morgan fingerprint density at radius 1 is 1.03 bits per heavy atom. The summed E-state index contributed by atoms with van der Waals surface area (Å²) >= 11 is 0. The number of sulfonamides is 1. The van der Waals surface area contributed by atoms with Crippen LogP contribution in [0.3, 0.4) is 0 Å². The Labute approximate surface area is 207 Å². The molecule has 1 aliphatic heterocycles. The van der Waals surface area contributed by atoms with Crippen LogP contribution in [-0.4, -0.2) is 43.7 Å². The quantitative estimate of drug-likeness (QED) is 0.380. The smallest absolute Gasteiger partial charge is 0.338 e. The van der Waals surface area contributed by atoms with Crippen molar-refractivity contribution in [3.8, 4) is 5.75 Å². The van der Waals surface area contributed by atoms with Crippen molar-refractivity contribution in [2.24, 2.45) is 0 Å². The molecule has 0 fully saturated rings. The van der Waals surface area contributed by atoms with E-state index in [-0.39, 0.29) is 34.9 Å². The molecular weight excluding hydrogens is 488 g/mol. The maximum absolute atomic E-state index is 13.4. The molecule has 3 amide bonds. The fraction of sp³-hybridized carbons (Fsp3) is 0.167. The van der Waals surface area contributed by atoms with Crippen LogP contribution in [0.2, 0.25) is 0 Å². The van der Waals surface area contributed by atoms with Gasteiger partial charge in [-0.05, 0) is 41.5 Å². The molecule has 3 aromatic carbocycles. The Morgan fingerprint density at radius 3 is 2.28 bits per heavy atom. The second kappa shape index (κ2) is 9.66. The number of carbonyl (C=O) groups is 2. The maximum Gasteiger partial charge on any atom is 0.338 e. The SMILES string of the molecule is COc1ccc(CNC(=O)c2ccc3c(c2)S(=O)(=O)N(Cc2ccc([N+](=O)[O-])cc2)C(=O)N3C)cc1. The molecule has 4 rings (SSSR count). The van der Waals surface area contributed by atoms with E-state index in [0.717, 1.165) is 5.56 Å². The molecule has 1 aliphatic rings. The van der Waals surface area contributed by atoms with E-state index in [1.807, 2.05) is 0 Å². The van der Waals surface area contributed by atoms with Gasteiger partial charge < -0.3 is 10.1 Å². The van der Waals surface area contributed by atoms with Crippen LogP contribution in [0.1, 0.15) is 21.5 Å². The average Bonchev–Trinajstić information content (AvgIpc) is 2.89. The van der Waals surface area contributed by atoms with E-state index in [2.05, 4.69) is 5.32 Å². The second-order valence-corrected chi connectivity index (χ2v) is 9.82. The first kappa shape index (κ1) is 24.7. The number of nitrogens with one attached hydrogen (secondary N) is 1. The van der Waals surface area contributed by atoms with Gasteiger partial charge in [-0.15, -0.1) is 0 Å². The van der Waals surface area contributed by atoms with Crippen LogP contribution in [0.5, 0.6) is 5.75 Å². The molecule has 3 aromatic rings. The van der Waals surface area contributed by atoms with Gasteiger partial charge >= 0.3 is 6.03 Å². The fourth-order valence-electron chi connectivity index (χ4n) is 3.70. The van der Waals surface area contributed by atoms with E-state index in [4.69, 9.17) is 4.74 Å². The molecule has 0 saturated carbocycles. The molecular formula is C24H22N4O7S. The summed E-state index contributed by atoms with van der Waals surface area (Å²) in [5.74, 6) is 0.201. The first-order valence-electron chi connectivity index (χ1n) is 10.7. The lowest BCUT2D eigenvalue weighted by Gasteiger charge is -2.34. The molecule has 36 heavy (non-hydrogen) atoms. The Morgan fingerprint density at radius 2 is 1.67 bits per heavy atom. The van der Waals surface area contributed by atoms with E-state index in [1.54, 1.807) is 31.4 Å². The van der Waals surface area contributed by atoms with Crippen LogP contribution < -0.4 is 15.0 Å². The van der Waals surface area contributed by atoms with Gasteiger partial charge in [0.05, 0.1) is 24.3 Å². The van der Waals surface area contributed by atoms with Gasteiger partial charge in [0.1, 0.15) is 10.6 Å². The monoisotopic (exact) mass is 510 g/mol. The van der Waals surface area contributed by atoms with Crippen molar-refractivity contribution in [1.82, 2.24) is 9.62 Å². The normalized spacial score (nSPS) is 14.2. The number of rotatable bonds is 7. The van der Waals surface area contributed by atoms with Crippen LogP contribution in [-0.2, 0) is 23.1 Å². The lowest BCUT2D eigenvalue weighted by atomic mass is 10.1. The molecule has 0 atom stereocenters. The number of urea groups is 1. The first-order valence-corrected chi connectivity index (χ1v) is 12.1. The molecule has 1 heterocycles. The standard InChI is InChI=1S/C24H22N4O7S/c1-26-21-12-7-18(23(29)25-14-16-5-10-20(35-2)11-6-16)13-22(21)36(33,34)27(24(26)30)15-17-3-8-19(9-4-17)28(31)32/h3-13H,14-15H2,1-2H3,(H,25,29). The number of nitro benzene ring substituents is 1. The van der Waals surface area contributed by atoms with Crippen molar-refractivity contribution < 1.29 is 27.7 Å². The van der Waals surface area contributed by atoms with Crippen molar-refractivity contribution in [2.45, 2.75) is 18.0 Å². The Bertz CT molecular complexity index is 1440. The summed E-state index contributed by atoms with van der Waals surface area (Å²) in [7, 11) is -1.32. The van der Waals surface area contributed by atoms with Crippen molar-refractivity contribution in [3.63, 3.8) is 0 Å². The molecule has 186 valence electrons. The van der Waals surface area contributed by atoms with Crippen molar-refractivity contribution >= 4 is 33.3 Å². The molecule has 0 unspecified atom stereocenters. The summed E-state index contributed by atoms with van der Waals surface area (Å²) < 4.78 is 32.5. The molecule has 0 radical (unpaired) electrons. The minimum atomic E-state index is -4.31. The van der Waals surface area contributed by atoms with Crippen LogP contribution in [0, 0.1) is 10.1 Å². The highest BCUT2D eigenvalue weighted by Gasteiger charge is 2.40. The van der Waals surface area contributed by atoms with Gasteiger partial charge in [-0.3, -0.25) is 19.8 Å². The molecule has 0 spiro atoms. The summed E-state index contributed by atoms with van der Waals surface area (Å²) in [6.45, 7) is -0.103. The summed E-state index contributed by atoms with van der Waals surface area (Å²) in [5.41, 5.74) is 1.33. The Balaban J connectivity index is 1.58. The van der Waals surface area contributed by atoms with E-state index in [1.165, 1.54) is 54.4 Å². The topological polar surface area (TPSA) is 139 Å². The zero-order valence-corrected chi connectivity index (χ0v) is 20.2. The number of benzene rings is 3. The number of anilines is 1. The molecule has 0 bridgehead atoms. The maximum atomic E-state index is 13.4. The van der Waals surface area contributed by atoms with Crippen LogP contribution >= 0.6 is 0 Å². The van der Waals surface area contributed by atoms with Gasteiger partial charge in [-0.25, -0.2) is 17.5 Å². The van der Waals surface area contributed by atoms with Gasteiger partial charge in [0.25, 0.3) is 21.6 Å². The Hall–Kier alpha value is -4.45. The first-order chi connectivity index (χ1) is 17.1. The minimum Gasteiger partial charge on any atom is -0.497 e. The number of ether oxygens (including phenoxy) is 1. The number of non-ortho nitro benzene ring substituents is 1. The van der Waals surface area contributed by atoms with Gasteiger partial charge in [0.2, 0.25) is 0 Å². The van der Waals surface area contributed by atoms with E-state index >= 15 is 0 Å². The highest BCUT2D eigenvalue weighted by atomic mass is 32.2. The van der Waals surface area contributed by atoms with Gasteiger partial charge in [0.15, 0.2) is 0 Å². The number of carbonyl (C=O) groups excluding carboxylic acids is 2. The number of methoxy groups -OCH3 is 1. The highest BCUT2D eigenvalue weighted by Crippen LogP contribution is 2.35. The zero-order chi connectivity index (χ0) is 26.0. The summed E-state index contributed by atoms with van der Waals surface area (Å²) in [6.07, 6.45) is 0. The van der Waals surface area contributed by atoms with Crippen molar-refractivity contribution in [2.75, 3.05) is 19.1 Å². The number of amides is 3. The van der Waals surface area contributed by atoms with E-state index < -0.39 is 26.9 Å². The van der Waals surface area contributed by atoms with Crippen molar-refractivity contribution in [1.29, 1.82) is 0 Å². The third-order valence-electron chi connectivity index (χ3n) is 5.74. The molecule has 1 N–H and O–H groups in total. The van der Waals surface area contributed by atoms with Gasteiger partial charge in [-0.2, -0.15) is 0 Å². The van der Waals surface area contributed by atoms with Gasteiger partial charge in [-0.1, -0.05) is 24.3 Å². The molecule has 0 saturated heterocycles. The third kappa shape index (κ3) is 4.70. The second-order valence-electron chi connectivity index (χ2n) is 7.99.